The lowest BCUT2D eigenvalue weighted by atomic mass is 10.2. The summed E-state index contributed by atoms with van der Waals surface area (Å²) in [6, 6.07) is 6.63. The van der Waals surface area contributed by atoms with Crippen LogP contribution in [0.2, 0.25) is 0 Å². The van der Waals surface area contributed by atoms with E-state index in [9.17, 15) is 13.6 Å². The van der Waals surface area contributed by atoms with Crippen LogP contribution in [0.25, 0.3) is 0 Å². The fourth-order valence-electron chi connectivity index (χ4n) is 1.56. The normalized spacial score (nSPS) is 15.4. The highest BCUT2D eigenvalue weighted by Gasteiger charge is 2.31. The fourth-order valence-corrected chi connectivity index (χ4v) is 1.56. The predicted molar refractivity (Wildman–Crippen MR) is 58.5 cm³/mol. The van der Waals surface area contributed by atoms with Gasteiger partial charge in [-0.2, -0.15) is 10.1 Å². The van der Waals surface area contributed by atoms with E-state index in [1.54, 1.807) is 24.3 Å². The lowest BCUT2D eigenvalue weighted by Crippen LogP contribution is -2.20. The van der Waals surface area contributed by atoms with Gasteiger partial charge in [0, 0.05) is 0 Å². The van der Waals surface area contributed by atoms with Crippen LogP contribution in [0.1, 0.15) is 6.42 Å². The van der Waals surface area contributed by atoms with Crippen molar-refractivity contribution in [3.63, 3.8) is 0 Å². The van der Waals surface area contributed by atoms with Crippen LogP contribution in [0.4, 0.5) is 14.5 Å². The molecule has 0 bridgehead atoms. The topological polar surface area (TPSA) is 41.9 Å². The average molecular weight is 240 g/mol. The Kier molecular flexibility index (Phi) is 3.03. The molecule has 1 aliphatic heterocycles. The number of methoxy groups -OCH3 is 1. The first kappa shape index (κ1) is 11.5. The molecule has 1 amide bonds. The number of amides is 1. The number of hydrazone groups is 1. The van der Waals surface area contributed by atoms with Gasteiger partial charge in [-0.3, -0.25) is 4.79 Å². The number of anilines is 1. The van der Waals surface area contributed by atoms with Crippen LogP contribution < -0.4 is 9.75 Å². The molecule has 17 heavy (non-hydrogen) atoms. The monoisotopic (exact) mass is 240 g/mol. The van der Waals surface area contributed by atoms with Crippen molar-refractivity contribution < 1.29 is 18.3 Å². The largest absolute Gasteiger partial charge is 0.494 e. The van der Waals surface area contributed by atoms with E-state index in [2.05, 4.69) is 5.10 Å². The Balaban J connectivity index is 2.37. The number of halogens is 2. The molecule has 0 fully saturated rings. The summed E-state index contributed by atoms with van der Waals surface area (Å²) in [6.07, 6.45) is -3.06. The van der Waals surface area contributed by atoms with Gasteiger partial charge in [0.2, 0.25) is 0 Å². The maximum atomic E-state index is 12.4. The molecule has 6 heteroatoms. The molecule has 1 aliphatic rings. The fraction of sp³-hybridized carbons (Fsp3) is 0.273. The van der Waals surface area contributed by atoms with Gasteiger partial charge in [-0.05, 0) is 12.1 Å². The summed E-state index contributed by atoms with van der Waals surface area (Å²) in [5.74, 6) is -0.0649. The highest BCUT2D eigenvalue weighted by atomic mass is 19.3. The molecule has 0 saturated carbocycles. The van der Waals surface area contributed by atoms with Crippen molar-refractivity contribution >= 4 is 17.3 Å². The summed E-state index contributed by atoms with van der Waals surface area (Å²) in [6.45, 7) is 0. The van der Waals surface area contributed by atoms with Crippen LogP contribution in [0.3, 0.4) is 0 Å². The van der Waals surface area contributed by atoms with E-state index >= 15 is 0 Å². The second-order valence-electron chi connectivity index (χ2n) is 3.45. The first-order valence-corrected chi connectivity index (χ1v) is 4.95. The molecule has 0 unspecified atom stereocenters. The van der Waals surface area contributed by atoms with Crippen molar-refractivity contribution in [2.24, 2.45) is 5.10 Å². The smallest absolute Gasteiger partial charge is 0.278 e. The summed E-state index contributed by atoms with van der Waals surface area (Å²) in [5, 5.41) is 4.58. The van der Waals surface area contributed by atoms with Gasteiger partial charge < -0.3 is 4.74 Å². The summed E-state index contributed by atoms with van der Waals surface area (Å²) < 4.78 is 29.9. The second-order valence-corrected chi connectivity index (χ2v) is 3.45. The number of nitrogens with zero attached hydrogens (tertiary/aromatic N) is 2. The van der Waals surface area contributed by atoms with E-state index in [0.717, 1.165) is 5.01 Å². The van der Waals surface area contributed by atoms with Gasteiger partial charge in [0.1, 0.15) is 17.1 Å². The molecule has 1 aromatic carbocycles. The lowest BCUT2D eigenvalue weighted by molar-refractivity contribution is -0.117. The van der Waals surface area contributed by atoms with Crippen LogP contribution in [0.5, 0.6) is 5.75 Å². The van der Waals surface area contributed by atoms with Crippen molar-refractivity contribution in [1.29, 1.82) is 0 Å². The minimum absolute atomic E-state index is 0.351. The molecule has 0 aromatic heterocycles. The van der Waals surface area contributed by atoms with E-state index in [0.29, 0.717) is 11.4 Å². The molecular formula is C11H10F2N2O2. The Morgan fingerprint density at radius 3 is 2.71 bits per heavy atom. The van der Waals surface area contributed by atoms with E-state index < -0.39 is 18.0 Å². The first-order valence-electron chi connectivity index (χ1n) is 4.95. The Hall–Kier alpha value is -1.98. The Labute approximate surface area is 96.5 Å². The van der Waals surface area contributed by atoms with Crippen LogP contribution in [-0.4, -0.2) is 25.2 Å². The van der Waals surface area contributed by atoms with Gasteiger partial charge in [0.05, 0.1) is 13.5 Å². The Bertz CT molecular complexity index is 474. The van der Waals surface area contributed by atoms with Crippen molar-refractivity contribution in [2.75, 3.05) is 12.1 Å². The summed E-state index contributed by atoms with van der Waals surface area (Å²) in [5.41, 5.74) is -0.0449. The number of para-hydroxylation sites is 2. The van der Waals surface area contributed by atoms with Crippen molar-refractivity contribution in [3.8, 4) is 5.75 Å². The lowest BCUT2D eigenvalue weighted by Gasteiger charge is -2.14. The van der Waals surface area contributed by atoms with E-state index in [4.69, 9.17) is 4.74 Å². The standard InChI is InChI=1S/C11H10F2N2O2/c1-17-9-5-3-2-4-8(9)15-10(16)6-7(14-15)11(12)13/h2-5,11H,6H2,1H3. The third-order valence-electron chi connectivity index (χ3n) is 2.36. The predicted octanol–water partition coefficient (Wildman–Crippen LogP) is 2.05. The molecule has 2 rings (SSSR count). The number of rotatable bonds is 3. The zero-order valence-corrected chi connectivity index (χ0v) is 9.06. The quantitative estimate of drug-likeness (QED) is 0.811. The van der Waals surface area contributed by atoms with E-state index in [1.807, 2.05) is 0 Å². The van der Waals surface area contributed by atoms with Gasteiger partial charge in [-0.1, -0.05) is 12.1 Å². The third kappa shape index (κ3) is 2.11. The number of carbonyl (C=O) groups is 1. The molecule has 0 radical (unpaired) electrons. The first-order chi connectivity index (χ1) is 8.13. The van der Waals surface area contributed by atoms with Crippen LogP contribution in [0.15, 0.2) is 29.4 Å². The van der Waals surface area contributed by atoms with Gasteiger partial charge in [0.15, 0.2) is 0 Å². The highest BCUT2D eigenvalue weighted by Crippen LogP contribution is 2.31. The molecule has 0 N–H and O–H groups in total. The second kappa shape index (κ2) is 4.48. The molecule has 1 heterocycles. The zero-order valence-electron chi connectivity index (χ0n) is 9.06. The van der Waals surface area contributed by atoms with Gasteiger partial charge in [0.25, 0.3) is 12.3 Å². The minimum Gasteiger partial charge on any atom is -0.494 e. The summed E-state index contributed by atoms with van der Waals surface area (Å²) in [7, 11) is 1.44. The van der Waals surface area contributed by atoms with E-state index in [1.165, 1.54) is 7.11 Å². The molecule has 1 aromatic rings. The number of hydrogen-bond donors (Lipinski definition) is 0. The molecule has 0 saturated heterocycles. The van der Waals surface area contributed by atoms with Crippen molar-refractivity contribution in [2.45, 2.75) is 12.8 Å². The molecule has 0 atom stereocenters. The maximum Gasteiger partial charge on any atom is 0.278 e. The number of benzene rings is 1. The maximum absolute atomic E-state index is 12.4. The molecule has 90 valence electrons. The molecule has 0 aliphatic carbocycles. The van der Waals surface area contributed by atoms with Crippen molar-refractivity contribution in [3.05, 3.63) is 24.3 Å². The molecular weight excluding hydrogens is 230 g/mol. The average Bonchev–Trinajstić information content (AvgIpc) is 2.71. The third-order valence-corrected chi connectivity index (χ3v) is 2.36. The Morgan fingerprint density at radius 2 is 2.12 bits per heavy atom. The van der Waals surface area contributed by atoms with E-state index in [-0.39, 0.29) is 6.42 Å². The SMILES string of the molecule is COc1ccccc1N1N=C(C(F)F)CC1=O. The highest BCUT2D eigenvalue weighted by molar-refractivity contribution is 6.14. The minimum atomic E-state index is -2.71. The number of alkyl halides is 2. The van der Waals surface area contributed by atoms with Gasteiger partial charge in [-0.25, -0.2) is 8.78 Å². The van der Waals surface area contributed by atoms with Crippen LogP contribution in [-0.2, 0) is 4.79 Å². The van der Waals surface area contributed by atoms with Crippen molar-refractivity contribution in [1.82, 2.24) is 0 Å². The number of hydrogen-bond acceptors (Lipinski definition) is 3. The van der Waals surface area contributed by atoms with Gasteiger partial charge >= 0.3 is 0 Å². The number of carbonyl (C=O) groups excluding carboxylic acids is 1. The molecule has 0 spiro atoms. The molecule has 4 nitrogen and oxygen atoms in total. The van der Waals surface area contributed by atoms with Crippen LogP contribution in [0, 0.1) is 0 Å². The zero-order chi connectivity index (χ0) is 12.4. The Morgan fingerprint density at radius 1 is 1.41 bits per heavy atom. The van der Waals surface area contributed by atoms with Gasteiger partial charge in [-0.15, -0.1) is 0 Å². The summed E-state index contributed by atoms with van der Waals surface area (Å²) in [4.78, 5) is 11.6. The number of ether oxygens (including phenoxy) is 1. The van der Waals surface area contributed by atoms with Crippen LogP contribution >= 0.6 is 0 Å². The summed E-state index contributed by atoms with van der Waals surface area (Å²) >= 11 is 0.